The van der Waals surface area contributed by atoms with E-state index in [1.807, 2.05) is 36.4 Å². The molecule has 2 aromatic rings. The Labute approximate surface area is 87.0 Å². The Morgan fingerprint density at radius 2 is 2.00 bits per heavy atom. The summed E-state index contributed by atoms with van der Waals surface area (Å²) in [5.41, 5.74) is 1.12. The van der Waals surface area contributed by atoms with E-state index in [4.69, 9.17) is 5.26 Å². The van der Waals surface area contributed by atoms with Crippen LogP contribution < -0.4 is 5.32 Å². The molecular weight excluding hydrogens is 190 g/mol. The molecule has 1 aromatic heterocycles. The maximum Gasteiger partial charge on any atom is 0.207 e. The first-order chi connectivity index (χ1) is 7.35. The Balaban J connectivity index is 2.48. The number of rotatable bonds is 2. The number of hydrogen-bond acceptors (Lipinski definition) is 4. The minimum atomic E-state index is 0.293. The minimum Gasteiger partial charge on any atom is -0.369 e. The van der Waals surface area contributed by atoms with E-state index in [1.165, 1.54) is 4.80 Å². The van der Waals surface area contributed by atoms with Crippen molar-refractivity contribution in [3.05, 3.63) is 36.0 Å². The lowest BCUT2D eigenvalue weighted by molar-refractivity contribution is 0.751. The van der Waals surface area contributed by atoms with Crippen LogP contribution in [-0.2, 0) is 0 Å². The molecule has 0 fully saturated rings. The van der Waals surface area contributed by atoms with Gasteiger partial charge in [0.05, 0.1) is 5.69 Å². The van der Waals surface area contributed by atoms with Crippen molar-refractivity contribution < 1.29 is 0 Å². The molecule has 5 nitrogen and oxygen atoms in total. The van der Waals surface area contributed by atoms with Crippen LogP contribution in [0.5, 0.6) is 0 Å². The molecule has 0 aliphatic heterocycles. The Bertz CT molecular complexity index is 494. The molecule has 0 amide bonds. The summed E-state index contributed by atoms with van der Waals surface area (Å²) < 4.78 is 0. The first-order valence-corrected chi connectivity index (χ1v) is 4.46. The SMILES string of the molecule is CNc1nn(-c2ccccc2)nc1C#N. The molecule has 1 heterocycles. The summed E-state index contributed by atoms with van der Waals surface area (Å²) in [5.74, 6) is 0.487. The summed E-state index contributed by atoms with van der Waals surface area (Å²) in [7, 11) is 1.71. The van der Waals surface area contributed by atoms with E-state index in [1.54, 1.807) is 7.05 Å². The first kappa shape index (κ1) is 9.21. The summed E-state index contributed by atoms with van der Waals surface area (Å²) in [4.78, 5) is 1.43. The minimum absolute atomic E-state index is 0.293. The molecule has 2 rings (SSSR count). The predicted octanol–water partition coefficient (Wildman–Crippen LogP) is 1.18. The largest absolute Gasteiger partial charge is 0.369 e. The van der Waals surface area contributed by atoms with E-state index in [2.05, 4.69) is 15.5 Å². The topological polar surface area (TPSA) is 66.5 Å². The highest BCUT2D eigenvalue weighted by molar-refractivity contribution is 5.47. The van der Waals surface area contributed by atoms with Gasteiger partial charge in [-0.05, 0) is 12.1 Å². The third-order valence-electron chi connectivity index (χ3n) is 1.94. The van der Waals surface area contributed by atoms with Crippen LogP contribution in [-0.4, -0.2) is 22.0 Å². The number of nitrogens with one attached hydrogen (secondary N) is 1. The summed E-state index contributed by atoms with van der Waals surface area (Å²) in [5, 5.41) is 19.8. The lowest BCUT2D eigenvalue weighted by Gasteiger charge is -1.96. The number of aromatic nitrogens is 3. The molecule has 0 spiro atoms. The fraction of sp³-hybridized carbons (Fsp3) is 0.100. The molecule has 0 bridgehead atoms. The molecule has 0 unspecified atom stereocenters. The summed E-state index contributed by atoms with van der Waals surface area (Å²) in [6, 6.07) is 11.4. The van der Waals surface area contributed by atoms with Crippen LogP contribution in [0.1, 0.15) is 5.69 Å². The van der Waals surface area contributed by atoms with Crippen molar-refractivity contribution in [2.24, 2.45) is 0 Å². The van der Waals surface area contributed by atoms with Crippen molar-refractivity contribution in [3.8, 4) is 11.8 Å². The zero-order valence-electron chi connectivity index (χ0n) is 8.18. The van der Waals surface area contributed by atoms with Gasteiger partial charge in [0.1, 0.15) is 6.07 Å². The number of hydrogen-bond donors (Lipinski definition) is 1. The molecule has 5 heteroatoms. The van der Waals surface area contributed by atoms with Crippen molar-refractivity contribution in [1.29, 1.82) is 5.26 Å². The highest BCUT2D eigenvalue weighted by Gasteiger charge is 2.09. The molecule has 74 valence electrons. The maximum atomic E-state index is 8.80. The average Bonchev–Trinajstić information content (AvgIpc) is 2.73. The zero-order chi connectivity index (χ0) is 10.7. The summed E-state index contributed by atoms with van der Waals surface area (Å²) >= 11 is 0. The average molecular weight is 199 g/mol. The van der Waals surface area contributed by atoms with E-state index < -0.39 is 0 Å². The smallest absolute Gasteiger partial charge is 0.207 e. The molecule has 1 N–H and O–H groups in total. The van der Waals surface area contributed by atoms with Gasteiger partial charge < -0.3 is 5.32 Å². The normalized spacial score (nSPS) is 9.60. The Morgan fingerprint density at radius 1 is 1.27 bits per heavy atom. The fourth-order valence-corrected chi connectivity index (χ4v) is 1.23. The van der Waals surface area contributed by atoms with Gasteiger partial charge in [-0.3, -0.25) is 0 Å². The van der Waals surface area contributed by atoms with Crippen molar-refractivity contribution in [3.63, 3.8) is 0 Å². The van der Waals surface area contributed by atoms with Crippen LogP contribution >= 0.6 is 0 Å². The van der Waals surface area contributed by atoms with E-state index >= 15 is 0 Å². The lowest BCUT2D eigenvalue weighted by atomic mass is 10.3. The fourth-order valence-electron chi connectivity index (χ4n) is 1.23. The Morgan fingerprint density at radius 3 is 2.53 bits per heavy atom. The second-order valence-corrected chi connectivity index (χ2v) is 2.88. The van der Waals surface area contributed by atoms with E-state index in [9.17, 15) is 0 Å². The third-order valence-corrected chi connectivity index (χ3v) is 1.94. The summed E-state index contributed by atoms with van der Waals surface area (Å²) in [6.07, 6.45) is 0. The standard InChI is InChI=1S/C10H9N5/c1-12-10-9(7-11)13-15(14-10)8-5-3-2-4-6-8/h2-6H,1H3,(H,12,14). The molecule has 0 saturated heterocycles. The third kappa shape index (κ3) is 1.65. The second kappa shape index (κ2) is 3.80. The Kier molecular flexibility index (Phi) is 2.33. The lowest BCUT2D eigenvalue weighted by Crippen LogP contribution is -1.98. The number of para-hydroxylation sites is 1. The molecule has 0 atom stereocenters. The van der Waals surface area contributed by atoms with Gasteiger partial charge in [0.15, 0.2) is 5.82 Å². The maximum absolute atomic E-state index is 8.80. The van der Waals surface area contributed by atoms with Crippen molar-refractivity contribution in [2.75, 3.05) is 12.4 Å². The quantitative estimate of drug-likeness (QED) is 0.788. The van der Waals surface area contributed by atoms with Gasteiger partial charge in [0, 0.05) is 7.05 Å². The van der Waals surface area contributed by atoms with Crippen LogP contribution in [0.4, 0.5) is 5.82 Å². The van der Waals surface area contributed by atoms with E-state index in [-0.39, 0.29) is 0 Å². The number of nitriles is 1. The van der Waals surface area contributed by atoms with Gasteiger partial charge in [-0.25, -0.2) is 0 Å². The number of nitrogens with zero attached hydrogens (tertiary/aromatic N) is 4. The van der Waals surface area contributed by atoms with Crippen molar-refractivity contribution >= 4 is 5.82 Å². The van der Waals surface area contributed by atoms with Gasteiger partial charge in [-0.2, -0.15) is 5.26 Å². The van der Waals surface area contributed by atoms with E-state index in [0.29, 0.717) is 11.5 Å². The Hall–Kier alpha value is -2.35. The molecule has 0 saturated carbocycles. The highest BCUT2D eigenvalue weighted by atomic mass is 15.5. The van der Waals surface area contributed by atoms with Crippen LogP contribution in [0.25, 0.3) is 5.69 Å². The van der Waals surface area contributed by atoms with Gasteiger partial charge in [-0.1, -0.05) is 18.2 Å². The molecule has 0 aliphatic rings. The van der Waals surface area contributed by atoms with Gasteiger partial charge >= 0.3 is 0 Å². The first-order valence-electron chi connectivity index (χ1n) is 4.46. The number of benzene rings is 1. The van der Waals surface area contributed by atoms with Crippen LogP contribution in [0.2, 0.25) is 0 Å². The number of anilines is 1. The van der Waals surface area contributed by atoms with Gasteiger partial charge in [0.2, 0.25) is 5.69 Å². The zero-order valence-corrected chi connectivity index (χ0v) is 8.18. The van der Waals surface area contributed by atoms with Crippen LogP contribution in [0.15, 0.2) is 30.3 Å². The highest BCUT2D eigenvalue weighted by Crippen LogP contribution is 2.11. The van der Waals surface area contributed by atoms with Gasteiger partial charge in [-0.15, -0.1) is 15.0 Å². The van der Waals surface area contributed by atoms with E-state index in [0.717, 1.165) is 5.69 Å². The monoisotopic (exact) mass is 199 g/mol. The van der Waals surface area contributed by atoms with Crippen LogP contribution in [0, 0.1) is 11.3 Å². The van der Waals surface area contributed by atoms with Gasteiger partial charge in [0.25, 0.3) is 0 Å². The molecular formula is C10H9N5. The second-order valence-electron chi connectivity index (χ2n) is 2.88. The molecule has 1 aromatic carbocycles. The molecule has 15 heavy (non-hydrogen) atoms. The predicted molar refractivity (Wildman–Crippen MR) is 55.6 cm³/mol. The van der Waals surface area contributed by atoms with Crippen molar-refractivity contribution in [2.45, 2.75) is 0 Å². The molecule has 0 aliphatic carbocycles. The summed E-state index contributed by atoms with van der Waals surface area (Å²) in [6.45, 7) is 0. The molecule has 0 radical (unpaired) electrons. The van der Waals surface area contributed by atoms with Crippen molar-refractivity contribution in [1.82, 2.24) is 15.0 Å². The van der Waals surface area contributed by atoms with Crippen LogP contribution in [0.3, 0.4) is 0 Å².